The normalized spacial score (nSPS) is 20.6. The second-order valence-electron chi connectivity index (χ2n) is 3.29. The number of aromatic carboxylic acids is 1. The first kappa shape index (κ1) is 10.9. The van der Waals surface area contributed by atoms with Crippen molar-refractivity contribution in [3.63, 3.8) is 0 Å². The van der Waals surface area contributed by atoms with Crippen LogP contribution in [0.1, 0.15) is 10.5 Å². The Morgan fingerprint density at radius 2 is 2.50 bits per heavy atom. The SMILES string of the molecule is O=C(O)c1coc(NCC2COCCO2)n1. The average Bonchev–Trinajstić information content (AvgIpc) is 2.76. The molecule has 7 nitrogen and oxygen atoms in total. The minimum Gasteiger partial charge on any atom is -0.476 e. The molecule has 1 aromatic rings. The fraction of sp³-hybridized carbons (Fsp3) is 0.556. The van der Waals surface area contributed by atoms with Gasteiger partial charge in [0.2, 0.25) is 0 Å². The Balaban J connectivity index is 1.81. The van der Waals surface area contributed by atoms with Gasteiger partial charge in [-0.25, -0.2) is 4.79 Å². The molecule has 0 bridgehead atoms. The van der Waals surface area contributed by atoms with Gasteiger partial charge < -0.3 is 24.3 Å². The van der Waals surface area contributed by atoms with E-state index in [4.69, 9.17) is 19.0 Å². The van der Waals surface area contributed by atoms with Crippen molar-refractivity contribution in [1.82, 2.24) is 4.98 Å². The molecule has 88 valence electrons. The van der Waals surface area contributed by atoms with Crippen LogP contribution in [0.5, 0.6) is 0 Å². The summed E-state index contributed by atoms with van der Waals surface area (Å²) in [6.45, 7) is 2.16. The molecule has 0 amide bonds. The average molecular weight is 228 g/mol. The third-order valence-electron chi connectivity index (χ3n) is 2.09. The lowest BCUT2D eigenvalue weighted by Crippen LogP contribution is -2.34. The van der Waals surface area contributed by atoms with Crippen molar-refractivity contribution in [3.05, 3.63) is 12.0 Å². The first-order chi connectivity index (χ1) is 7.75. The quantitative estimate of drug-likeness (QED) is 0.760. The van der Waals surface area contributed by atoms with Crippen molar-refractivity contribution in [2.75, 3.05) is 31.7 Å². The number of hydrogen-bond donors (Lipinski definition) is 2. The van der Waals surface area contributed by atoms with E-state index in [0.717, 1.165) is 6.26 Å². The highest BCUT2D eigenvalue weighted by molar-refractivity contribution is 5.85. The zero-order valence-electron chi connectivity index (χ0n) is 8.51. The number of aromatic nitrogens is 1. The maximum absolute atomic E-state index is 10.5. The highest BCUT2D eigenvalue weighted by Gasteiger charge is 2.16. The smallest absolute Gasteiger partial charge is 0.357 e. The molecule has 0 spiro atoms. The summed E-state index contributed by atoms with van der Waals surface area (Å²) in [4.78, 5) is 14.2. The number of carboxylic acid groups (broad SMARTS) is 1. The first-order valence-corrected chi connectivity index (χ1v) is 4.88. The van der Waals surface area contributed by atoms with E-state index in [0.29, 0.717) is 26.4 Å². The Hall–Kier alpha value is -1.60. The zero-order valence-corrected chi connectivity index (χ0v) is 8.51. The van der Waals surface area contributed by atoms with E-state index < -0.39 is 5.97 Å². The summed E-state index contributed by atoms with van der Waals surface area (Å²) in [5, 5.41) is 11.5. The van der Waals surface area contributed by atoms with E-state index in [1.54, 1.807) is 0 Å². The van der Waals surface area contributed by atoms with Crippen molar-refractivity contribution in [3.8, 4) is 0 Å². The van der Waals surface area contributed by atoms with Crippen LogP contribution in [0.25, 0.3) is 0 Å². The molecule has 0 aliphatic carbocycles. The summed E-state index contributed by atoms with van der Waals surface area (Å²) in [6, 6.07) is 0.173. The third kappa shape index (κ3) is 2.71. The second kappa shape index (κ2) is 4.95. The van der Waals surface area contributed by atoms with Gasteiger partial charge in [-0.15, -0.1) is 0 Å². The van der Waals surface area contributed by atoms with Gasteiger partial charge in [-0.3, -0.25) is 0 Å². The number of ether oxygens (including phenoxy) is 2. The van der Waals surface area contributed by atoms with Crippen molar-refractivity contribution in [1.29, 1.82) is 0 Å². The van der Waals surface area contributed by atoms with E-state index >= 15 is 0 Å². The molecular weight excluding hydrogens is 216 g/mol. The maximum Gasteiger partial charge on any atom is 0.357 e. The summed E-state index contributed by atoms with van der Waals surface area (Å²) < 4.78 is 15.5. The van der Waals surface area contributed by atoms with Gasteiger partial charge in [0.05, 0.1) is 25.9 Å². The number of oxazole rings is 1. The fourth-order valence-electron chi connectivity index (χ4n) is 1.31. The van der Waals surface area contributed by atoms with Gasteiger partial charge in [-0.1, -0.05) is 0 Å². The number of anilines is 1. The highest BCUT2D eigenvalue weighted by Crippen LogP contribution is 2.08. The van der Waals surface area contributed by atoms with E-state index in [9.17, 15) is 4.79 Å². The lowest BCUT2D eigenvalue weighted by molar-refractivity contribution is -0.0820. The predicted molar refractivity (Wildman–Crippen MR) is 52.5 cm³/mol. The number of nitrogens with one attached hydrogen (secondary N) is 1. The minimum atomic E-state index is -1.12. The van der Waals surface area contributed by atoms with Crippen molar-refractivity contribution >= 4 is 12.0 Å². The first-order valence-electron chi connectivity index (χ1n) is 4.88. The molecule has 2 rings (SSSR count). The monoisotopic (exact) mass is 228 g/mol. The van der Waals surface area contributed by atoms with E-state index in [-0.39, 0.29) is 17.8 Å². The molecule has 1 aliphatic heterocycles. The lowest BCUT2D eigenvalue weighted by atomic mass is 10.3. The van der Waals surface area contributed by atoms with Crippen LogP contribution in [0.3, 0.4) is 0 Å². The van der Waals surface area contributed by atoms with Crippen LogP contribution >= 0.6 is 0 Å². The Morgan fingerprint density at radius 3 is 3.12 bits per heavy atom. The summed E-state index contributed by atoms with van der Waals surface area (Å²) in [5.41, 5.74) is -0.122. The number of carbonyl (C=O) groups is 1. The predicted octanol–water partition coefficient (Wildman–Crippen LogP) is 0.200. The fourth-order valence-corrected chi connectivity index (χ4v) is 1.31. The van der Waals surface area contributed by atoms with Gasteiger partial charge in [0, 0.05) is 6.54 Å². The van der Waals surface area contributed by atoms with Crippen LogP contribution < -0.4 is 5.32 Å². The molecule has 1 aromatic heterocycles. The summed E-state index contributed by atoms with van der Waals surface area (Å²) >= 11 is 0. The van der Waals surface area contributed by atoms with Crippen molar-refractivity contribution in [2.45, 2.75) is 6.10 Å². The van der Waals surface area contributed by atoms with Gasteiger partial charge in [-0.05, 0) is 0 Å². The largest absolute Gasteiger partial charge is 0.476 e. The molecule has 1 fully saturated rings. The number of hydrogen-bond acceptors (Lipinski definition) is 6. The van der Waals surface area contributed by atoms with Crippen LogP contribution in [-0.2, 0) is 9.47 Å². The Morgan fingerprint density at radius 1 is 1.62 bits per heavy atom. The number of carboxylic acids is 1. The van der Waals surface area contributed by atoms with E-state index in [1.807, 2.05) is 0 Å². The summed E-state index contributed by atoms with van der Waals surface area (Å²) in [6.07, 6.45) is 1.03. The summed E-state index contributed by atoms with van der Waals surface area (Å²) in [7, 11) is 0. The molecule has 0 aromatic carbocycles. The van der Waals surface area contributed by atoms with Gasteiger partial charge in [-0.2, -0.15) is 4.98 Å². The van der Waals surface area contributed by atoms with Crippen LogP contribution in [0.15, 0.2) is 10.7 Å². The molecule has 1 saturated heterocycles. The van der Waals surface area contributed by atoms with Gasteiger partial charge in [0.15, 0.2) is 5.69 Å². The molecule has 1 atom stereocenters. The number of rotatable bonds is 4. The van der Waals surface area contributed by atoms with E-state index in [2.05, 4.69) is 10.3 Å². The molecule has 0 radical (unpaired) electrons. The molecular formula is C9H12N2O5. The van der Waals surface area contributed by atoms with Crippen LogP contribution in [0.4, 0.5) is 6.01 Å². The van der Waals surface area contributed by atoms with Gasteiger partial charge >= 0.3 is 5.97 Å². The van der Waals surface area contributed by atoms with Crippen LogP contribution in [0.2, 0.25) is 0 Å². The zero-order chi connectivity index (χ0) is 11.4. The summed E-state index contributed by atoms with van der Waals surface area (Å²) in [5.74, 6) is -1.12. The van der Waals surface area contributed by atoms with Crippen LogP contribution in [-0.4, -0.2) is 48.5 Å². The lowest BCUT2D eigenvalue weighted by Gasteiger charge is -2.22. The van der Waals surface area contributed by atoms with E-state index in [1.165, 1.54) is 0 Å². The Bertz CT molecular complexity index is 359. The molecule has 16 heavy (non-hydrogen) atoms. The molecule has 2 heterocycles. The Labute approximate surface area is 91.4 Å². The molecule has 1 unspecified atom stereocenters. The molecule has 7 heteroatoms. The number of nitrogens with zero attached hydrogens (tertiary/aromatic N) is 1. The van der Waals surface area contributed by atoms with Crippen molar-refractivity contribution < 1.29 is 23.8 Å². The second-order valence-corrected chi connectivity index (χ2v) is 3.29. The molecule has 2 N–H and O–H groups in total. The van der Waals surface area contributed by atoms with Gasteiger partial charge in [0.1, 0.15) is 6.26 Å². The standard InChI is InChI=1S/C9H12N2O5/c12-8(13)7-5-16-9(11-7)10-3-6-4-14-1-2-15-6/h5-6H,1-4H2,(H,10,11)(H,12,13). The highest BCUT2D eigenvalue weighted by atomic mass is 16.6. The van der Waals surface area contributed by atoms with Gasteiger partial charge in [0.25, 0.3) is 6.01 Å². The van der Waals surface area contributed by atoms with Crippen LogP contribution in [0, 0.1) is 0 Å². The molecule has 1 aliphatic rings. The van der Waals surface area contributed by atoms with Crippen molar-refractivity contribution in [2.24, 2.45) is 0 Å². The molecule has 0 saturated carbocycles. The maximum atomic E-state index is 10.5. The third-order valence-corrected chi connectivity index (χ3v) is 2.09. The minimum absolute atomic E-state index is 0.0612. The Kier molecular flexibility index (Phi) is 3.37. The topological polar surface area (TPSA) is 93.8 Å².